The molecule has 16 atom stereocenters. The van der Waals surface area contributed by atoms with E-state index < -0.39 is 303 Å². The third kappa shape index (κ3) is 45.2. The average molecular weight is 1780 g/mol. The zero-order valence-electron chi connectivity index (χ0n) is 76.0. The Bertz CT molecular complexity index is 3630. The van der Waals surface area contributed by atoms with Crippen LogP contribution in [0, 0.1) is 47.3 Å². The number of cyclic esters (lactones) is 1. The molecule has 0 aromatic heterocycles. The third-order valence-electron chi connectivity index (χ3n) is 20.6. The van der Waals surface area contributed by atoms with Crippen molar-refractivity contribution in [1.82, 2.24) is 74.4 Å². The van der Waals surface area contributed by atoms with Gasteiger partial charge in [0.25, 0.3) is 0 Å². The number of aliphatic hydroxyl groups is 1. The van der Waals surface area contributed by atoms with E-state index in [2.05, 4.69) is 81.4 Å². The van der Waals surface area contributed by atoms with Gasteiger partial charge in [-0.2, -0.15) is 0 Å². The summed E-state index contributed by atoms with van der Waals surface area (Å²) in [6, 6.07) is -22.9. The van der Waals surface area contributed by atoms with Gasteiger partial charge in [-0.3, -0.25) is 91.1 Å². The van der Waals surface area contributed by atoms with Crippen LogP contribution < -0.4 is 97.4 Å². The molecule has 710 valence electrons. The molecule has 0 radical (unpaired) electrons. The average Bonchev–Trinajstić information content (AvgIpc) is 1.13. The summed E-state index contributed by atoms with van der Waals surface area (Å²) in [5, 5.41) is 56.1. The van der Waals surface area contributed by atoms with Crippen molar-refractivity contribution < 1.29 is 111 Å². The van der Waals surface area contributed by atoms with Crippen molar-refractivity contribution in [2.45, 2.75) is 356 Å². The maximum Gasteiger partial charge on any atom is 0.329 e. The summed E-state index contributed by atoms with van der Waals surface area (Å²) in [4.78, 5) is 280. The maximum absolute atomic E-state index is 15.1. The lowest BCUT2D eigenvalue weighted by Crippen LogP contribution is -2.62. The smallest absolute Gasteiger partial charge is 0.329 e. The highest BCUT2D eigenvalue weighted by Gasteiger charge is 2.42. The quantitative estimate of drug-likeness (QED) is 0.0255. The first-order chi connectivity index (χ1) is 58.3. The van der Waals surface area contributed by atoms with Crippen LogP contribution in [0.1, 0.15) is 265 Å². The standard InChI is InChI=1S/C84H146N18O23/c1-18-20-21-22-23-24-50(103)40-66(108)89-56(35-42(3)4)76(116)94-55(29-34-67(109)110)71(111)90-53(27-32-64(87)106)74(114)100-68(47(13)14)82(122)97-59(38-45(9)10)79(119)92-52(26-31-63(86)105)73(113)99-61-41-125-84(124)70(49(17)19-2)102-75(115)54(28-33-65(88)107)93-77(117)57(36-43(5)6)95-72(112)51(25-30-62(85)104)91-78(118)58(37-44(7)8)96-80(120)60(39-46(11)12)98-83(123)69(48(15)16)101-81(61)121/h42-61,68-70,103H,18-41H2,1-17H3,(H2,85,104)(H2,86,105)(H2,87,106)(H2,88,107)(H,89,108)(H,90,111)(H,91,118)(H,92,119)(H,93,117)(H,94,116)(H,95,112)(H,96,120)(H,97,122)(H,98,123)(H,99,113)(H,100,114)(H,101,121)(H,102,115)(H,109,110)/t49-,50+,51+,52-,53+,54?,55+,56-,57-,58?,59+,60+,61?,68+,69?,70-/m0/s1. The predicted molar refractivity (Wildman–Crippen MR) is 459 cm³/mol. The number of rotatable bonds is 50. The molecule has 0 spiro atoms. The molecule has 1 rings (SSSR count). The Morgan fingerprint density at radius 3 is 1.17 bits per heavy atom. The summed E-state index contributed by atoms with van der Waals surface area (Å²) >= 11 is 0. The highest BCUT2D eigenvalue weighted by molar-refractivity contribution is 6.01. The van der Waals surface area contributed by atoms with Crippen molar-refractivity contribution >= 4 is 118 Å². The molecule has 1 aliphatic heterocycles. The van der Waals surface area contributed by atoms with Gasteiger partial charge in [-0.1, -0.05) is 156 Å². The van der Waals surface area contributed by atoms with Crippen molar-refractivity contribution in [2.75, 3.05) is 6.61 Å². The number of hydrogen-bond donors (Lipinski definition) is 20. The van der Waals surface area contributed by atoms with Crippen molar-refractivity contribution in [2.24, 2.45) is 70.3 Å². The maximum atomic E-state index is 15.1. The van der Waals surface area contributed by atoms with Crippen LogP contribution >= 0.6 is 0 Å². The Hall–Kier alpha value is -10.6. The number of carbonyl (C=O) groups is 20. The molecule has 0 aromatic rings. The van der Waals surface area contributed by atoms with Gasteiger partial charge in [0.2, 0.25) is 106 Å². The number of carboxylic acid groups (broad SMARTS) is 1. The van der Waals surface area contributed by atoms with E-state index in [-0.39, 0.29) is 68.6 Å². The van der Waals surface area contributed by atoms with Crippen LogP contribution in [0.3, 0.4) is 0 Å². The van der Waals surface area contributed by atoms with Crippen LogP contribution in [0.5, 0.6) is 0 Å². The fourth-order valence-corrected chi connectivity index (χ4v) is 13.5. The molecule has 1 fully saturated rings. The molecule has 24 N–H and O–H groups in total. The second kappa shape index (κ2) is 57.8. The van der Waals surface area contributed by atoms with Crippen LogP contribution in [-0.4, -0.2) is 226 Å². The molecule has 0 aliphatic carbocycles. The molecule has 0 aromatic carbocycles. The number of ether oxygens (including phenoxy) is 1. The normalized spacial score (nSPS) is 20.6. The van der Waals surface area contributed by atoms with E-state index in [1.165, 1.54) is 34.6 Å². The molecule has 1 heterocycles. The van der Waals surface area contributed by atoms with Crippen LogP contribution in [0.15, 0.2) is 0 Å². The lowest BCUT2D eigenvalue weighted by Gasteiger charge is -2.30. The first-order valence-electron chi connectivity index (χ1n) is 43.7. The SMILES string of the molecule is CCCCCCC[C@@H](O)CC(=O)N[C@@H](CC(C)C)C(=O)N[C@H](CCC(=O)O)C(=O)N[C@H](CCC(N)=O)C(=O)N[C@@H](C(=O)N[C@H](CC(C)C)C(=O)N[C@@H](CCC(N)=O)C(=O)NC1COC(=O)[C@H]([C@@H](C)CC)NC(=O)C(CCC(N)=O)NC(=O)[C@H](CC(C)C)NC(=O)[C@@H](CCC(N)=O)NC(=O)C(CC(C)C)NC(=O)[C@@H](CC(C)C)NC(=O)C(C(C)C)NC1=O)C(C)C. The topological polar surface area (TPSA) is 664 Å². The number of nitrogens with one attached hydrogen (secondary N) is 14. The lowest BCUT2D eigenvalue weighted by atomic mass is 9.98. The van der Waals surface area contributed by atoms with Crippen molar-refractivity contribution in [1.29, 1.82) is 0 Å². The molecule has 18 amide bonds. The first kappa shape index (κ1) is 112. The molecule has 0 saturated carbocycles. The second-order valence-corrected chi connectivity index (χ2v) is 35.4. The minimum Gasteiger partial charge on any atom is -0.481 e. The minimum atomic E-state index is -2.10. The van der Waals surface area contributed by atoms with E-state index in [1.54, 1.807) is 76.2 Å². The molecular weight excluding hydrogens is 1630 g/mol. The van der Waals surface area contributed by atoms with Crippen molar-refractivity contribution in [3.05, 3.63) is 0 Å². The van der Waals surface area contributed by atoms with Gasteiger partial charge < -0.3 is 112 Å². The van der Waals surface area contributed by atoms with Crippen LogP contribution in [0.4, 0.5) is 0 Å². The van der Waals surface area contributed by atoms with Gasteiger partial charge in [0.05, 0.1) is 12.5 Å². The summed E-state index contributed by atoms with van der Waals surface area (Å²) in [5.41, 5.74) is 22.2. The monoisotopic (exact) mass is 1780 g/mol. The number of primary amides is 4. The fourth-order valence-electron chi connectivity index (χ4n) is 13.5. The number of hydrogen-bond acceptors (Lipinski definition) is 22. The van der Waals surface area contributed by atoms with E-state index in [9.17, 15) is 96.5 Å². The van der Waals surface area contributed by atoms with Gasteiger partial charge >= 0.3 is 11.9 Å². The van der Waals surface area contributed by atoms with Crippen molar-refractivity contribution in [3.63, 3.8) is 0 Å². The van der Waals surface area contributed by atoms with Gasteiger partial charge in [0.15, 0.2) is 0 Å². The van der Waals surface area contributed by atoms with E-state index in [0.717, 1.165) is 25.7 Å². The number of amides is 18. The van der Waals surface area contributed by atoms with E-state index in [4.69, 9.17) is 27.7 Å². The number of aliphatic carboxylic acids is 1. The molecule has 41 nitrogen and oxygen atoms in total. The lowest BCUT2D eigenvalue weighted by molar-refractivity contribution is -0.152. The van der Waals surface area contributed by atoms with E-state index in [0.29, 0.717) is 12.8 Å². The highest BCUT2D eigenvalue weighted by atomic mass is 16.5. The van der Waals surface area contributed by atoms with Crippen LogP contribution in [-0.2, 0) is 101 Å². The predicted octanol–water partition coefficient (Wildman–Crippen LogP) is -1.04. The number of aliphatic hydroxyl groups excluding tert-OH is 1. The van der Waals surface area contributed by atoms with Crippen LogP contribution in [0.2, 0.25) is 0 Å². The Balaban J connectivity index is 4.23. The Labute approximate surface area is 733 Å². The molecule has 0 bridgehead atoms. The zero-order chi connectivity index (χ0) is 95.4. The fraction of sp³-hybridized carbons (Fsp3) is 0.762. The van der Waals surface area contributed by atoms with E-state index in [1.807, 2.05) is 0 Å². The van der Waals surface area contributed by atoms with Gasteiger partial charge in [-0.15, -0.1) is 0 Å². The van der Waals surface area contributed by atoms with Crippen molar-refractivity contribution in [3.8, 4) is 0 Å². The molecule has 125 heavy (non-hydrogen) atoms. The number of carboxylic acids is 1. The summed E-state index contributed by atoms with van der Waals surface area (Å²) in [6.45, 7) is 27.2. The number of carbonyl (C=O) groups excluding carboxylic acids is 19. The Kier molecular flexibility index (Phi) is 52.0. The summed E-state index contributed by atoms with van der Waals surface area (Å²) < 4.78 is 5.79. The largest absolute Gasteiger partial charge is 0.481 e. The van der Waals surface area contributed by atoms with Gasteiger partial charge in [0.1, 0.15) is 91.2 Å². The zero-order valence-corrected chi connectivity index (χ0v) is 76.0. The molecule has 1 aliphatic rings. The molecule has 41 heteroatoms. The summed E-state index contributed by atoms with van der Waals surface area (Å²) in [7, 11) is 0. The molecule has 1 saturated heterocycles. The number of nitrogens with two attached hydrogens (primary N) is 4. The van der Waals surface area contributed by atoms with E-state index >= 15 is 9.59 Å². The van der Waals surface area contributed by atoms with Crippen LogP contribution in [0.25, 0.3) is 0 Å². The summed E-state index contributed by atoms with van der Waals surface area (Å²) in [6.07, 6.45) is -2.30. The van der Waals surface area contributed by atoms with Gasteiger partial charge in [-0.05, 0) is 118 Å². The number of esters is 1. The Morgan fingerprint density at radius 1 is 0.400 bits per heavy atom. The second-order valence-electron chi connectivity index (χ2n) is 35.4. The number of unbranched alkanes of at least 4 members (excludes halogenated alkanes) is 4. The molecule has 4 unspecified atom stereocenters. The van der Waals surface area contributed by atoms with Gasteiger partial charge in [-0.25, -0.2) is 4.79 Å². The van der Waals surface area contributed by atoms with Gasteiger partial charge in [0, 0.05) is 32.1 Å². The first-order valence-corrected chi connectivity index (χ1v) is 43.7. The minimum absolute atomic E-state index is 0.0351. The highest BCUT2D eigenvalue weighted by Crippen LogP contribution is 2.20. The third-order valence-corrected chi connectivity index (χ3v) is 20.6. The Morgan fingerprint density at radius 2 is 0.768 bits per heavy atom. The summed E-state index contributed by atoms with van der Waals surface area (Å²) in [5.74, 6) is -25.1. The molecular formula is C84H146N18O23.